The number of aromatic nitrogens is 8. The van der Waals surface area contributed by atoms with Crippen LogP contribution in [0.2, 0.25) is 0 Å². The van der Waals surface area contributed by atoms with Crippen molar-refractivity contribution in [3.8, 4) is 0 Å². The summed E-state index contributed by atoms with van der Waals surface area (Å²) in [5.74, 6) is 0.00411. The number of nitrogens with two attached hydrogens (primary N) is 2. The van der Waals surface area contributed by atoms with Gasteiger partial charge >= 0.3 is 6.72 Å². The summed E-state index contributed by atoms with van der Waals surface area (Å²) in [7, 11) is 1.39. The highest BCUT2D eigenvalue weighted by atomic mass is 32.5. The first kappa shape index (κ1) is 31.2. The molecule has 0 saturated carbocycles. The molecule has 0 aliphatic carbocycles. The molecule has 0 spiro atoms. The predicted octanol–water partition coefficient (Wildman–Crippen LogP) is -1.63. The van der Waals surface area contributed by atoms with Crippen molar-refractivity contribution < 1.29 is 38.7 Å². The first-order chi connectivity index (χ1) is 20.9. The van der Waals surface area contributed by atoms with Gasteiger partial charge in [-0.1, -0.05) is 0 Å². The van der Waals surface area contributed by atoms with Crippen molar-refractivity contribution in [1.29, 1.82) is 0 Å². The van der Waals surface area contributed by atoms with Crippen molar-refractivity contribution in [1.82, 2.24) is 39.0 Å². The Balaban J connectivity index is 1.23. The molecule has 6 rings (SSSR count). The third kappa shape index (κ3) is 5.26. The largest absolute Gasteiger partial charge is 0.395 e. The van der Waals surface area contributed by atoms with Crippen LogP contribution in [0.3, 0.4) is 0 Å². The maximum Gasteiger partial charge on any atom is 0.325 e. The number of methoxy groups -OCH3 is 1. The first-order valence-electron chi connectivity index (χ1n) is 13.0. The van der Waals surface area contributed by atoms with Crippen LogP contribution in [0.4, 0.5) is 11.8 Å². The minimum atomic E-state index is -4.17. The van der Waals surface area contributed by atoms with E-state index in [1.54, 1.807) is 0 Å². The summed E-state index contributed by atoms with van der Waals surface area (Å²) < 4.78 is 26.2. The number of anilines is 2. The van der Waals surface area contributed by atoms with Crippen molar-refractivity contribution in [3.63, 3.8) is 0 Å². The van der Waals surface area contributed by atoms with Gasteiger partial charge in [0.15, 0.2) is 28.9 Å². The summed E-state index contributed by atoms with van der Waals surface area (Å²) in [6, 6.07) is 0. The van der Waals surface area contributed by atoms with Gasteiger partial charge < -0.3 is 45.7 Å². The van der Waals surface area contributed by atoms with E-state index < -0.39 is 72.4 Å². The van der Waals surface area contributed by atoms with Crippen molar-refractivity contribution >= 4 is 64.4 Å². The number of aliphatic hydroxyl groups is 3. The van der Waals surface area contributed by atoms with Crippen molar-refractivity contribution in [2.24, 2.45) is 0 Å². The Kier molecular flexibility index (Phi) is 8.16. The molecule has 0 radical (unpaired) electrons. The van der Waals surface area contributed by atoms with E-state index in [1.807, 2.05) is 0 Å². The fourth-order valence-electron chi connectivity index (χ4n) is 5.28. The molecule has 238 valence electrons. The van der Waals surface area contributed by atoms with Gasteiger partial charge in [0.2, 0.25) is 5.95 Å². The Bertz CT molecular complexity index is 1810. The third-order valence-corrected chi connectivity index (χ3v) is 10.6. The van der Waals surface area contributed by atoms with Gasteiger partial charge in [-0.15, -0.1) is 11.8 Å². The predicted molar refractivity (Wildman–Crippen MR) is 158 cm³/mol. The zero-order valence-corrected chi connectivity index (χ0v) is 25.6. The van der Waals surface area contributed by atoms with Crippen LogP contribution >= 0.6 is 18.5 Å². The lowest BCUT2D eigenvalue weighted by atomic mass is 9.98. The number of nitrogen functional groups attached to an aromatic ring is 2. The Morgan fingerprint density at radius 3 is 2.61 bits per heavy atom. The number of imidazole rings is 2. The summed E-state index contributed by atoms with van der Waals surface area (Å²) in [6.45, 7) is -3.51. The number of nitrogens with zero attached hydrogens (tertiary/aromatic N) is 7. The van der Waals surface area contributed by atoms with Crippen LogP contribution in [0.1, 0.15) is 18.5 Å². The summed E-state index contributed by atoms with van der Waals surface area (Å²) in [5.41, 5.74) is 10.3. The summed E-state index contributed by atoms with van der Waals surface area (Å²) >= 11 is 6.40. The minimum absolute atomic E-state index is 0.0115. The zero-order valence-electron chi connectivity index (χ0n) is 23.1. The fraction of sp³-hybridized carbons (Fsp3) is 0.545. The zero-order chi connectivity index (χ0) is 31.6. The molecular formula is C22H29N10O9PS2. The van der Waals surface area contributed by atoms with Crippen LogP contribution in [0.25, 0.3) is 22.3 Å². The van der Waals surface area contributed by atoms with Crippen LogP contribution in [0.5, 0.6) is 0 Å². The number of ether oxygens (including phenoxy) is 2. The van der Waals surface area contributed by atoms with Crippen molar-refractivity contribution in [2.75, 3.05) is 31.8 Å². The van der Waals surface area contributed by atoms with Gasteiger partial charge in [-0.05, 0) is 18.7 Å². The Morgan fingerprint density at radius 1 is 1.16 bits per heavy atom. The van der Waals surface area contributed by atoms with Crippen LogP contribution in [-0.2, 0) is 30.3 Å². The van der Waals surface area contributed by atoms with E-state index in [-0.39, 0.29) is 22.9 Å². The first-order valence-corrected chi connectivity index (χ1v) is 16.5. The van der Waals surface area contributed by atoms with Crippen LogP contribution in [0, 0.1) is 0 Å². The molecule has 2 aliphatic rings. The maximum atomic E-state index is 12.3. The van der Waals surface area contributed by atoms with E-state index in [9.17, 15) is 25.0 Å². The average Bonchev–Trinajstić information content (AvgIpc) is 3.72. The maximum absolute atomic E-state index is 12.3. The Morgan fingerprint density at radius 2 is 1.89 bits per heavy atom. The molecule has 4 aromatic rings. The van der Waals surface area contributed by atoms with Gasteiger partial charge in [0, 0.05) is 7.11 Å². The second kappa shape index (κ2) is 11.5. The number of hydrogen-bond donors (Lipinski definition) is 7. The molecule has 0 aromatic carbocycles. The molecule has 2 aliphatic heterocycles. The molecule has 9 N–H and O–H groups in total. The van der Waals surface area contributed by atoms with Gasteiger partial charge in [-0.25, -0.2) is 19.9 Å². The SMILES string of the molecule is CO[C@H]1[C@H](n2cnc3c(N)ncnc32)O[C@](C)(COP(O)(=S)O[C@@H]2[C@H](O)[C@@H](CO)S[C@H]2n2cnc3c(=O)[nH]c(N)nc32)[C@H]1O. The van der Waals surface area contributed by atoms with E-state index in [2.05, 4.69) is 29.9 Å². The second-order valence-electron chi connectivity index (χ2n) is 10.4. The molecule has 0 amide bonds. The molecule has 1 unspecified atom stereocenters. The van der Waals surface area contributed by atoms with Crippen LogP contribution in [-0.4, -0.2) is 115 Å². The Labute approximate surface area is 256 Å². The van der Waals surface area contributed by atoms with Gasteiger partial charge in [0.25, 0.3) is 5.56 Å². The highest BCUT2D eigenvalue weighted by Gasteiger charge is 2.55. The molecule has 6 heterocycles. The van der Waals surface area contributed by atoms with Crippen molar-refractivity contribution in [3.05, 3.63) is 29.3 Å². The monoisotopic (exact) mass is 672 g/mol. The molecule has 2 fully saturated rings. The summed E-state index contributed by atoms with van der Waals surface area (Å²) in [6.07, 6.45) is -1.69. The smallest absolute Gasteiger partial charge is 0.325 e. The number of thioether (sulfide) groups is 1. The normalized spacial score (nSPS) is 32.1. The minimum Gasteiger partial charge on any atom is -0.395 e. The number of hydrogen-bond acceptors (Lipinski definition) is 17. The molecule has 9 atom stereocenters. The van der Waals surface area contributed by atoms with Gasteiger partial charge in [0.05, 0.1) is 37.2 Å². The fourth-order valence-corrected chi connectivity index (χ4v) is 8.27. The van der Waals surface area contributed by atoms with E-state index in [0.29, 0.717) is 11.2 Å². The topological polar surface area (TPSA) is 277 Å². The number of rotatable bonds is 9. The van der Waals surface area contributed by atoms with Gasteiger partial charge in [-0.2, -0.15) is 4.98 Å². The van der Waals surface area contributed by atoms with E-state index in [1.165, 1.54) is 42.1 Å². The number of aliphatic hydroxyl groups excluding tert-OH is 3. The lowest BCUT2D eigenvalue weighted by molar-refractivity contribution is -0.114. The quantitative estimate of drug-likeness (QED) is 0.0983. The molecule has 0 bridgehead atoms. The molecule has 19 nitrogen and oxygen atoms in total. The number of nitrogens with one attached hydrogen (secondary N) is 1. The lowest BCUT2D eigenvalue weighted by Gasteiger charge is -2.31. The van der Waals surface area contributed by atoms with E-state index >= 15 is 0 Å². The van der Waals surface area contributed by atoms with E-state index in [4.69, 9.17) is 41.8 Å². The van der Waals surface area contributed by atoms with Gasteiger partial charge in [-0.3, -0.25) is 23.4 Å². The number of H-pyrrole nitrogens is 1. The highest BCUT2D eigenvalue weighted by Crippen LogP contribution is 2.54. The summed E-state index contributed by atoms with van der Waals surface area (Å²) in [5, 5.41) is 30.5. The Hall–Kier alpha value is -2.82. The number of aromatic amines is 1. The molecule has 2 saturated heterocycles. The second-order valence-corrected chi connectivity index (χ2v) is 14.5. The van der Waals surface area contributed by atoms with Crippen LogP contribution < -0.4 is 17.0 Å². The van der Waals surface area contributed by atoms with Gasteiger partial charge in [0.1, 0.15) is 41.1 Å². The van der Waals surface area contributed by atoms with E-state index in [0.717, 1.165) is 11.8 Å². The molecular weight excluding hydrogens is 643 g/mol. The third-order valence-electron chi connectivity index (χ3n) is 7.53. The highest BCUT2D eigenvalue weighted by molar-refractivity contribution is 8.07. The summed E-state index contributed by atoms with van der Waals surface area (Å²) in [4.78, 5) is 46.4. The van der Waals surface area contributed by atoms with Crippen LogP contribution in [0.15, 0.2) is 23.8 Å². The van der Waals surface area contributed by atoms with Crippen molar-refractivity contribution in [2.45, 2.75) is 53.8 Å². The molecule has 4 aromatic heterocycles. The lowest BCUT2D eigenvalue weighted by Crippen LogP contribution is -2.44. The number of fused-ring (bicyclic) bond motifs is 2. The average molecular weight is 673 g/mol. The molecule has 44 heavy (non-hydrogen) atoms. The molecule has 22 heteroatoms. The standard InChI is InChI=1S/C22H29N10O9PS2/c1-22(14(35)13(38-2)19(40-22)31-6-27-9-15(23)25-5-26-16(9)31)4-39-42(37,43)41-12-11(34)8(3-33)44-20(12)32-7-28-10-17(32)29-21(24)30-18(10)36/h5-8,11-14,19-20,33-35H,3-4H2,1-2H3,(H,37,43)(H2,23,25,26)(H3,24,29,30,36)/t8-,11-,12-,13-,14+,19-,20-,22-,42?/m1/s1.